The highest BCUT2D eigenvalue weighted by atomic mass is 79.9. The minimum atomic E-state index is 0.593. The molecule has 0 amide bonds. The summed E-state index contributed by atoms with van der Waals surface area (Å²) >= 11 is 3.35. The van der Waals surface area contributed by atoms with Gasteiger partial charge in [-0.15, -0.1) is 0 Å². The first-order chi connectivity index (χ1) is 8.69. The molecular weight excluding hydrogens is 294 g/mol. The topological polar surface area (TPSA) is 61.0 Å². The van der Waals surface area contributed by atoms with Crippen molar-refractivity contribution in [2.75, 3.05) is 6.54 Å². The minimum Gasteiger partial charge on any atom is -0.437 e. The van der Waals surface area contributed by atoms with Gasteiger partial charge in [0, 0.05) is 22.4 Å². The molecule has 0 aliphatic carbocycles. The fraction of sp³-hybridized carbons (Fsp3) is 0.231. The lowest BCUT2D eigenvalue weighted by molar-refractivity contribution is 0.456. The van der Waals surface area contributed by atoms with E-state index in [1.807, 2.05) is 19.1 Å². The van der Waals surface area contributed by atoms with E-state index in [0.717, 1.165) is 22.0 Å². The van der Waals surface area contributed by atoms with Crippen LogP contribution in [0, 0.1) is 6.92 Å². The largest absolute Gasteiger partial charge is 0.437 e. The maximum atomic E-state index is 5.69. The summed E-state index contributed by atoms with van der Waals surface area (Å²) < 4.78 is 6.56. The van der Waals surface area contributed by atoms with Gasteiger partial charge in [-0.3, -0.25) is 4.98 Å². The second kappa shape index (κ2) is 5.93. The molecule has 0 aliphatic rings. The lowest BCUT2D eigenvalue weighted by Crippen LogP contribution is -2.03. The molecule has 0 aromatic carbocycles. The zero-order valence-electron chi connectivity index (χ0n) is 10.1. The first-order valence-corrected chi connectivity index (χ1v) is 6.42. The Morgan fingerprint density at radius 3 is 2.78 bits per heavy atom. The van der Waals surface area contributed by atoms with E-state index in [9.17, 15) is 0 Å². The van der Waals surface area contributed by atoms with Crippen LogP contribution in [0.4, 0.5) is 0 Å². The van der Waals surface area contributed by atoms with Crippen LogP contribution < -0.4 is 10.5 Å². The van der Waals surface area contributed by atoms with Gasteiger partial charge in [0.15, 0.2) is 0 Å². The van der Waals surface area contributed by atoms with Gasteiger partial charge in [-0.1, -0.05) is 0 Å². The number of hydrogen-bond donors (Lipinski definition) is 1. The summed E-state index contributed by atoms with van der Waals surface area (Å²) in [5, 5.41) is 0. The number of aryl methyl sites for hydroxylation is 1. The molecule has 0 saturated heterocycles. The van der Waals surface area contributed by atoms with Crippen LogP contribution >= 0.6 is 15.9 Å². The maximum Gasteiger partial charge on any atom is 0.222 e. The van der Waals surface area contributed by atoms with Crippen molar-refractivity contribution < 1.29 is 4.74 Å². The normalized spacial score (nSPS) is 10.4. The number of rotatable bonds is 4. The fourth-order valence-corrected chi connectivity index (χ4v) is 1.93. The molecule has 0 spiro atoms. The van der Waals surface area contributed by atoms with E-state index in [1.165, 1.54) is 0 Å². The van der Waals surface area contributed by atoms with Gasteiger partial charge in [0.1, 0.15) is 5.75 Å². The summed E-state index contributed by atoms with van der Waals surface area (Å²) in [6.45, 7) is 2.59. The van der Waals surface area contributed by atoms with Crippen LogP contribution in [0.15, 0.2) is 35.2 Å². The molecule has 18 heavy (non-hydrogen) atoms. The molecule has 0 atom stereocenters. The Labute approximate surface area is 114 Å². The molecule has 2 aromatic rings. The molecule has 2 heterocycles. The van der Waals surface area contributed by atoms with E-state index in [4.69, 9.17) is 10.5 Å². The molecule has 2 N–H and O–H groups in total. The first kappa shape index (κ1) is 13.0. The Morgan fingerprint density at radius 1 is 1.28 bits per heavy atom. The molecule has 0 saturated carbocycles. The second-order valence-corrected chi connectivity index (χ2v) is 4.86. The number of aromatic nitrogens is 2. The van der Waals surface area contributed by atoms with Gasteiger partial charge >= 0.3 is 0 Å². The maximum absolute atomic E-state index is 5.69. The number of nitrogens with zero attached hydrogens (tertiary/aromatic N) is 2. The Morgan fingerprint density at radius 2 is 2.11 bits per heavy atom. The van der Waals surface area contributed by atoms with E-state index < -0.39 is 0 Å². The lowest BCUT2D eigenvalue weighted by atomic mass is 10.1. The van der Waals surface area contributed by atoms with Crippen molar-refractivity contribution in [2.24, 2.45) is 5.73 Å². The molecular formula is C13H14BrN3O. The fourth-order valence-electron chi connectivity index (χ4n) is 1.59. The van der Waals surface area contributed by atoms with E-state index in [2.05, 4.69) is 25.9 Å². The number of hydrogen-bond acceptors (Lipinski definition) is 4. The molecule has 4 nitrogen and oxygen atoms in total. The van der Waals surface area contributed by atoms with Crippen LogP contribution in [-0.4, -0.2) is 16.5 Å². The Hall–Kier alpha value is -1.46. The SMILES string of the molecule is Cc1cc(CCN)cnc1Oc1cncc(Br)c1. The molecule has 5 heteroatoms. The Kier molecular flexibility index (Phi) is 4.28. The van der Waals surface area contributed by atoms with Gasteiger partial charge in [-0.05, 0) is 53.5 Å². The zero-order valence-corrected chi connectivity index (χ0v) is 11.6. The average Bonchev–Trinajstić information content (AvgIpc) is 2.33. The average molecular weight is 308 g/mol. The molecule has 0 fully saturated rings. The third kappa shape index (κ3) is 3.27. The zero-order chi connectivity index (χ0) is 13.0. The van der Waals surface area contributed by atoms with Crippen molar-refractivity contribution >= 4 is 15.9 Å². The van der Waals surface area contributed by atoms with Crippen molar-refractivity contribution in [3.63, 3.8) is 0 Å². The highest BCUT2D eigenvalue weighted by Crippen LogP contribution is 2.24. The number of nitrogens with two attached hydrogens (primary N) is 1. The molecule has 0 unspecified atom stereocenters. The van der Waals surface area contributed by atoms with Crippen LogP contribution in [0.3, 0.4) is 0 Å². The molecule has 2 aromatic heterocycles. The summed E-state index contributed by atoms with van der Waals surface area (Å²) in [6, 6.07) is 3.89. The number of ether oxygens (including phenoxy) is 1. The predicted octanol–water partition coefficient (Wildman–Crippen LogP) is 2.84. The standard InChI is InChI=1S/C13H14BrN3O/c1-9-4-10(2-3-15)6-17-13(9)18-12-5-11(14)7-16-8-12/h4-8H,2-3,15H2,1H3. The monoisotopic (exact) mass is 307 g/mol. The molecule has 0 aliphatic heterocycles. The lowest BCUT2D eigenvalue weighted by Gasteiger charge is -2.08. The summed E-state index contributed by atoms with van der Waals surface area (Å²) in [6.07, 6.45) is 5.98. The van der Waals surface area contributed by atoms with E-state index in [0.29, 0.717) is 18.2 Å². The highest BCUT2D eigenvalue weighted by Gasteiger charge is 2.05. The van der Waals surface area contributed by atoms with Gasteiger partial charge in [0.2, 0.25) is 5.88 Å². The van der Waals surface area contributed by atoms with Crippen molar-refractivity contribution in [1.82, 2.24) is 9.97 Å². The van der Waals surface area contributed by atoms with Gasteiger partial charge in [0.25, 0.3) is 0 Å². The smallest absolute Gasteiger partial charge is 0.222 e. The molecule has 0 radical (unpaired) electrons. The second-order valence-electron chi connectivity index (χ2n) is 3.95. The number of pyridine rings is 2. The van der Waals surface area contributed by atoms with Gasteiger partial charge in [-0.2, -0.15) is 0 Å². The third-order valence-electron chi connectivity index (χ3n) is 2.41. The summed E-state index contributed by atoms with van der Waals surface area (Å²) in [7, 11) is 0. The van der Waals surface area contributed by atoms with Crippen molar-refractivity contribution in [3.05, 3.63) is 46.3 Å². The molecule has 2 rings (SSSR count). The Balaban J connectivity index is 2.19. The minimum absolute atomic E-state index is 0.593. The van der Waals surface area contributed by atoms with E-state index >= 15 is 0 Å². The Bertz CT molecular complexity index is 546. The van der Waals surface area contributed by atoms with Gasteiger partial charge in [0.05, 0.1) is 6.20 Å². The summed E-state index contributed by atoms with van der Waals surface area (Å²) in [5.74, 6) is 1.25. The van der Waals surface area contributed by atoms with Crippen LogP contribution in [0.25, 0.3) is 0 Å². The first-order valence-electron chi connectivity index (χ1n) is 5.63. The quantitative estimate of drug-likeness (QED) is 0.943. The van der Waals surface area contributed by atoms with Gasteiger partial charge in [-0.25, -0.2) is 4.98 Å². The van der Waals surface area contributed by atoms with Crippen LogP contribution in [0.2, 0.25) is 0 Å². The molecule has 94 valence electrons. The van der Waals surface area contributed by atoms with E-state index in [-0.39, 0.29) is 0 Å². The van der Waals surface area contributed by atoms with E-state index in [1.54, 1.807) is 18.6 Å². The predicted molar refractivity (Wildman–Crippen MR) is 73.7 cm³/mol. The molecule has 0 bridgehead atoms. The summed E-state index contributed by atoms with van der Waals surface area (Å²) in [4.78, 5) is 8.34. The van der Waals surface area contributed by atoms with Crippen molar-refractivity contribution in [2.45, 2.75) is 13.3 Å². The summed E-state index contributed by atoms with van der Waals surface area (Å²) in [5.41, 5.74) is 7.62. The van der Waals surface area contributed by atoms with Crippen molar-refractivity contribution in [1.29, 1.82) is 0 Å². The van der Waals surface area contributed by atoms with Crippen molar-refractivity contribution in [3.8, 4) is 11.6 Å². The third-order valence-corrected chi connectivity index (χ3v) is 2.85. The van der Waals surface area contributed by atoms with Crippen LogP contribution in [0.1, 0.15) is 11.1 Å². The van der Waals surface area contributed by atoms with Crippen LogP contribution in [-0.2, 0) is 6.42 Å². The van der Waals surface area contributed by atoms with Gasteiger partial charge < -0.3 is 10.5 Å². The highest BCUT2D eigenvalue weighted by molar-refractivity contribution is 9.10. The number of halogens is 1. The van der Waals surface area contributed by atoms with Crippen LogP contribution in [0.5, 0.6) is 11.6 Å².